The van der Waals surface area contributed by atoms with Crippen LogP contribution in [0.25, 0.3) is 0 Å². The van der Waals surface area contributed by atoms with E-state index in [0.717, 1.165) is 25.9 Å². The first-order valence-electron chi connectivity index (χ1n) is 8.20. The third-order valence-corrected chi connectivity index (χ3v) is 4.07. The average molecular weight is 360 g/mol. The van der Waals surface area contributed by atoms with E-state index >= 15 is 0 Å². The van der Waals surface area contributed by atoms with Crippen LogP contribution in [-0.4, -0.2) is 30.9 Å². The molecule has 132 valence electrons. The molecule has 2 aromatic rings. The summed E-state index contributed by atoms with van der Waals surface area (Å²) >= 11 is 0. The molecule has 0 bridgehead atoms. The molecular formula is C19H22ClN3O2. The van der Waals surface area contributed by atoms with Gasteiger partial charge < -0.3 is 16.0 Å². The number of carbonyl (C=O) groups excluding carboxylic acids is 2. The highest BCUT2D eigenvalue weighted by Crippen LogP contribution is 2.12. The molecule has 0 spiro atoms. The van der Waals surface area contributed by atoms with Crippen LogP contribution in [0.5, 0.6) is 0 Å². The summed E-state index contributed by atoms with van der Waals surface area (Å²) in [6, 6.07) is 16.2. The van der Waals surface area contributed by atoms with Crippen LogP contribution in [0.15, 0.2) is 54.6 Å². The standard InChI is InChI=1S/C19H21N3O2.ClH/c23-18(14-5-2-1-3-6-14)21-16-10-8-15(9-11-16)19(24)22-17-7-4-12-20-13-17;/h1-3,5-6,8-11,17,20H,4,7,12-13H2,(H,21,23)(H,22,24);1H. The smallest absolute Gasteiger partial charge is 0.255 e. The molecule has 2 amide bonds. The molecule has 2 aromatic carbocycles. The molecule has 5 nitrogen and oxygen atoms in total. The van der Waals surface area contributed by atoms with E-state index in [1.165, 1.54) is 0 Å². The van der Waals surface area contributed by atoms with Crippen LogP contribution in [0.3, 0.4) is 0 Å². The third kappa shape index (κ3) is 5.31. The lowest BCUT2D eigenvalue weighted by molar-refractivity contribution is 0.0930. The quantitative estimate of drug-likeness (QED) is 0.786. The molecule has 0 aromatic heterocycles. The highest BCUT2D eigenvalue weighted by atomic mass is 35.5. The number of rotatable bonds is 4. The van der Waals surface area contributed by atoms with E-state index in [0.29, 0.717) is 16.8 Å². The molecule has 1 aliphatic rings. The SMILES string of the molecule is Cl.O=C(Nc1ccc(C(=O)NC2CCCNC2)cc1)c1ccccc1. The molecule has 1 heterocycles. The Morgan fingerprint density at radius 2 is 1.60 bits per heavy atom. The van der Waals surface area contributed by atoms with Crippen LogP contribution in [0.2, 0.25) is 0 Å². The fraction of sp³-hybridized carbons (Fsp3) is 0.263. The van der Waals surface area contributed by atoms with Crippen molar-refractivity contribution in [1.82, 2.24) is 10.6 Å². The van der Waals surface area contributed by atoms with Gasteiger partial charge in [-0.25, -0.2) is 0 Å². The maximum Gasteiger partial charge on any atom is 0.255 e. The van der Waals surface area contributed by atoms with E-state index in [1.54, 1.807) is 36.4 Å². The minimum atomic E-state index is -0.166. The van der Waals surface area contributed by atoms with Crippen molar-refractivity contribution < 1.29 is 9.59 Å². The van der Waals surface area contributed by atoms with Crippen LogP contribution in [-0.2, 0) is 0 Å². The minimum absolute atomic E-state index is 0. The summed E-state index contributed by atoms with van der Waals surface area (Å²) in [4.78, 5) is 24.3. The van der Waals surface area contributed by atoms with Gasteiger partial charge in [0, 0.05) is 29.4 Å². The maximum absolute atomic E-state index is 12.2. The van der Waals surface area contributed by atoms with Gasteiger partial charge in [-0.15, -0.1) is 12.4 Å². The van der Waals surface area contributed by atoms with Gasteiger partial charge >= 0.3 is 0 Å². The molecule has 0 saturated carbocycles. The van der Waals surface area contributed by atoms with Crippen molar-refractivity contribution in [3.8, 4) is 0 Å². The Labute approximate surface area is 153 Å². The van der Waals surface area contributed by atoms with Gasteiger partial charge in [-0.1, -0.05) is 18.2 Å². The number of anilines is 1. The van der Waals surface area contributed by atoms with Gasteiger partial charge in [0.05, 0.1) is 0 Å². The number of halogens is 1. The van der Waals surface area contributed by atoms with Crippen molar-refractivity contribution in [1.29, 1.82) is 0 Å². The molecule has 1 fully saturated rings. The first-order valence-corrected chi connectivity index (χ1v) is 8.20. The van der Waals surface area contributed by atoms with Gasteiger partial charge in [0.15, 0.2) is 0 Å². The normalized spacial score (nSPS) is 16.4. The van der Waals surface area contributed by atoms with Crippen LogP contribution >= 0.6 is 12.4 Å². The topological polar surface area (TPSA) is 70.2 Å². The molecular weight excluding hydrogens is 338 g/mol. The Hall–Kier alpha value is -2.37. The molecule has 0 radical (unpaired) electrons. The van der Waals surface area contributed by atoms with E-state index in [-0.39, 0.29) is 30.3 Å². The number of hydrogen-bond acceptors (Lipinski definition) is 3. The summed E-state index contributed by atoms with van der Waals surface area (Å²) in [5.41, 5.74) is 1.86. The van der Waals surface area contributed by atoms with Gasteiger partial charge in [-0.2, -0.15) is 0 Å². The van der Waals surface area contributed by atoms with Gasteiger partial charge in [0.25, 0.3) is 11.8 Å². The molecule has 1 aliphatic heterocycles. The lowest BCUT2D eigenvalue weighted by atomic mass is 10.1. The van der Waals surface area contributed by atoms with E-state index < -0.39 is 0 Å². The maximum atomic E-state index is 12.2. The second-order valence-electron chi connectivity index (χ2n) is 5.91. The van der Waals surface area contributed by atoms with Crippen LogP contribution in [0.1, 0.15) is 33.6 Å². The van der Waals surface area contributed by atoms with Crippen molar-refractivity contribution in [3.05, 3.63) is 65.7 Å². The molecule has 3 N–H and O–H groups in total. The highest BCUT2D eigenvalue weighted by Gasteiger charge is 2.16. The summed E-state index contributed by atoms with van der Waals surface area (Å²) < 4.78 is 0. The number of nitrogens with one attached hydrogen (secondary N) is 3. The molecule has 1 saturated heterocycles. The fourth-order valence-electron chi connectivity index (χ4n) is 2.74. The van der Waals surface area contributed by atoms with Crippen LogP contribution < -0.4 is 16.0 Å². The first kappa shape index (κ1) is 19.0. The minimum Gasteiger partial charge on any atom is -0.348 e. The van der Waals surface area contributed by atoms with E-state index in [1.807, 2.05) is 18.2 Å². The highest BCUT2D eigenvalue weighted by molar-refractivity contribution is 6.04. The Morgan fingerprint density at radius 1 is 0.920 bits per heavy atom. The van der Waals surface area contributed by atoms with Gasteiger partial charge in [-0.05, 0) is 55.8 Å². The molecule has 3 rings (SSSR count). The second kappa shape index (κ2) is 9.20. The first-order chi connectivity index (χ1) is 11.7. The average Bonchev–Trinajstić information content (AvgIpc) is 2.64. The molecule has 6 heteroatoms. The van der Waals surface area contributed by atoms with Crippen LogP contribution in [0, 0.1) is 0 Å². The van der Waals surface area contributed by atoms with E-state index in [2.05, 4.69) is 16.0 Å². The predicted molar refractivity (Wildman–Crippen MR) is 101 cm³/mol. The predicted octanol–water partition coefficient (Wildman–Crippen LogP) is 2.84. The van der Waals surface area contributed by atoms with Crippen molar-refractivity contribution >= 4 is 29.9 Å². The number of hydrogen-bond donors (Lipinski definition) is 3. The summed E-state index contributed by atoms with van der Waals surface area (Å²) in [5.74, 6) is -0.245. The summed E-state index contributed by atoms with van der Waals surface area (Å²) in [7, 11) is 0. The van der Waals surface area contributed by atoms with Crippen molar-refractivity contribution in [2.75, 3.05) is 18.4 Å². The molecule has 0 aliphatic carbocycles. The van der Waals surface area contributed by atoms with Crippen LogP contribution in [0.4, 0.5) is 5.69 Å². The van der Waals surface area contributed by atoms with E-state index in [9.17, 15) is 9.59 Å². The van der Waals surface area contributed by atoms with Gasteiger partial charge in [0.1, 0.15) is 0 Å². The van der Waals surface area contributed by atoms with Gasteiger partial charge in [0.2, 0.25) is 0 Å². The Balaban J connectivity index is 0.00000225. The summed E-state index contributed by atoms with van der Waals surface area (Å²) in [6.07, 6.45) is 2.08. The second-order valence-corrected chi connectivity index (χ2v) is 5.91. The van der Waals surface area contributed by atoms with Crippen molar-refractivity contribution in [2.24, 2.45) is 0 Å². The number of piperidine rings is 1. The number of carbonyl (C=O) groups is 2. The van der Waals surface area contributed by atoms with Crippen molar-refractivity contribution in [3.63, 3.8) is 0 Å². The molecule has 1 atom stereocenters. The lowest BCUT2D eigenvalue weighted by Gasteiger charge is -2.23. The third-order valence-electron chi connectivity index (χ3n) is 4.07. The zero-order valence-electron chi connectivity index (χ0n) is 13.8. The fourth-order valence-corrected chi connectivity index (χ4v) is 2.74. The summed E-state index contributed by atoms with van der Waals surface area (Å²) in [5, 5.41) is 9.13. The Kier molecular flexibility index (Phi) is 6.98. The monoisotopic (exact) mass is 359 g/mol. The van der Waals surface area contributed by atoms with E-state index in [4.69, 9.17) is 0 Å². The number of amides is 2. The lowest BCUT2D eigenvalue weighted by Crippen LogP contribution is -2.45. The molecule has 25 heavy (non-hydrogen) atoms. The zero-order chi connectivity index (χ0) is 16.8. The van der Waals surface area contributed by atoms with Gasteiger partial charge in [-0.3, -0.25) is 9.59 Å². The zero-order valence-corrected chi connectivity index (χ0v) is 14.6. The largest absolute Gasteiger partial charge is 0.348 e. The molecule has 1 unspecified atom stereocenters. The number of benzene rings is 2. The Bertz CT molecular complexity index is 698. The summed E-state index contributed by atoms with van der Waals surface area (Å²) in [6.45, 7) is 1.83. The Morgan fingerprint density at radius 3 is 2.24 bits per heavy atom. The van der Waals surface area contributed by atoms with Crippen molar-refractivity contribution in [2.45, 2.75) is 18.9 Å².